The van der Waals surface area contributed by atoms with Crippen LogP contribution in [0.3, 0.4) is 0 Å². The van der Waals surface area contributed by atoms with Crippen molar-refractivity contribution < 1.29 is 22.8 Å². The number of hydrogen-bond donors (Lipinski definition) is 2. The molecule has 3 aliphatic rings. The third-order valence-electron chi connectivity index (χ3n) is 9.19. The van der Waals surface area contributed by atoms with E-state index in [1.807, 2.05) is 47.4 Å². The van der Waals surface area contributed by atoms with Crippen LogP contribution in [-0.4, -0.2) is 66.6 Å². The summed E-state index contributed by atoms with van der Waals surface area (Å²) < 4.78 is 40.7. The number of hydrogen-bond acceptors (Lipinski definition) is 4. The van der Waals surface area contributed by atoms with E-state index in [9.17, 15) is 22.8 Å². The van der Waals surface area contributed by atoms with E-state index in [2.05, 4.69) is 5.32 Å². The maximum Gasteiger partial charge on any atom is 0.395 e. The fourth-order valence-electron chi connectivity index (χ4n) is 6.49. The fourth-order valence-corrected chi connectivity index (χ4v) is 6.49. The zero-order valence-electron chi connectivity index (χ0n) is 22.9. The minimum absolute atomic E-state index is 0.142. The number of nitrogens with two attached hydrogens (primary N) is 1. The molecule has 3 N–H and O–H groups in total. The van der Waals surface area contributed by atoms with Gasteiger partial charge in [0.2, 0.25) is 5.91 Å². The van der Waals surface area contributed by atoms with Crippen molar-refractivity contribution in [1.29, 1.82) is 0 Å². The summed E-state index contributed by atoms with van der Waals surface area (Å²) in [7, 11) is 0. The highest BCUT2D eigenvalue weighted by atomic mass is 19.4. The average Bonchev–Trinajstić information content (AvgIpc) is 2.93. The lowest BCUT2D eigenvalue weighted by atomic mass is 9.67. The zero-order valence-corrected chi connectivity index (χ0v) is 22.9. The molecule has 1 saturated carbocycles. The number of rotatable bonds is 8. The molecular formula is C31H39F3N4O2. The molecule has 1 unspecified atom stereocenters. The molecular weight excluding hydrogens is 517 g/mol. The van der Waals surface area contributed by atoms with Crippen LogP contribution >= 0.6 is 0 Å². The first-order valence-electron chi connectivity index (χ1n) is 14.5. The van der Waals surface area contributed by atoms with Gasteiger partial charge in [0.1, 0.15) is 6.04 Å². The predicted molar refractivity (Wildman–Crippen MR) is 150 cm³/mol. The summed E-state index contributed by atoms with van der Waals surface area (Å²) in [4.78, 5) is 29.1. The van der Waals surface area contributed by atoms with E-state index in [0.29, 0.717) is 44.0 Å². The number of carbonyl (C=O) groups is 2. The first-order valence-corrected chi connectivity index (χ1v) is 14.5. The largest absolute Gasteiger partial charge is 0.395 e. The first kappa shape index (κ1) is 28.5. The van der Waals surface area contributed by atoms with Gasteiger partial charge in [-0.1, -0.05) is 36.8 Å². The van der Waals surface area contributed by atoms with Crippen LogP contribution < -0.4 is 11.1 Å². The third-order valence-corrected chi connectivity index (χ3v) is 9.19. The third kappa shape index (κ3) is 5.99. The number of halogens is 3. The van der Waals surface area contributed by atoms with E-state index in [1.54, 1.807) is 11.0 Å². The monoisotopic (exact) mass is 556 g/mol. The molecule has 9 heteroatoms. The molecule has 1 aliphatic carbocycles. The Hall–Kier alpha value is -3.07. The van der Waals surface area contributed by atoms with Gasteiger partial charge in [-0.2, -0.15) is 13.2 Å². The van der Waals surface area contributed by atoms with E-state index >= 15 is 0 Å². The second-order valence-corrected chi connectivity index (χ2v) is 11.8. The smallest absolute Gasteiger partial charge is 0.385 e. The van der Waals surface area contributed by atoms with E-state index in [-0.39, 0.29) is 25.3 Å². The normalized spacial score (nSPS) is 22.0. The number of nitrogens with zero attached hydrogens (tertiary/aromatic N) is 2. The van der Waals surface area contributed by atoms with Crippen molar-refractivity contribution in [3.63, 3.8) is 0 Å². The highest BCUT2D eigenvalue weighted by Crippen LogP contribution is 2.53. The molecule has 2 aromatic rings. The van der Waals surface area contributed by atoms with Gasteiger partial charge in [0.05, 0.1) is 5.41 Å². The Morgan fingerprint density at radius 3 is 2.25 bits per heavy atom. The van der Waals surface area contributed by atoms with E-state index < -0.39 is 23.5 Å². The Kier molecular flexibility index (Phi) is 8.40. The van der Waals surface area contributed by atoms with Crippen LogP contribution in [0, 0.1) is 11.3 Å². The van der Waals surface area contributed by atoms with E-state index in [0.717, 1.165) is 49.0 Å². The minimum atomic E-state index is -4.11. The number of alkyl halides is 3. The van der Waals surface area contributed by atoms with Crippen LogP contribution in [0.1, 0.15) is 61.7 Å². The van der Waals surface area contributed by atoms with Crippen LogP contribution in [0.15, 0.2) is 48.5 Å². The molecule has 0 spiro atoms. The van der Waals surface area contributed by atoms with Crippen molar-refractivity contribution in [3.05, 3.63) is 54.1 Å². The number of likely N-dealkylation sites (tertiary alicyclic amines) is 2. The molecule has 2 aromatic carbocycles. The van der Waals surface area contributed by atoms with Crippen LogP contribution in [0.4, 0.5) is 18.9 Å². The lowest BCUT2D eigenvalue weighted by molar-refractivity contribution is -0.256. The maximum absolute atomic E-state index is 13.6. The van der Waals surface area contributed by atoms with Gasteiger partial charge in [0.25, 0.3) is 5.91 Å². The Bertz CT molecular complexity index is 1190. The van der Waals surface area contributed by atoms with Gasteiger partial charge in [-0.3, -0.25) is 9.59 Å². The SMILES string of the molecule is NC(=O)C1CCCCN1C(=O)c1ccccc1-c1ccc(NCC2CCN(CC3(C(F)(F)F)CCC3)CC2)cc1. The van der Waals surface area contributed by atoms with Crippen LogP contribution in [0.25, 0.3) is 11.1 Å². The molecule has 40 heavy (non-hydrogen) atoms. The van der Waals surface area contributed by atoms with E-state index in [1.165, 1.54) is 0 Å². The van der Waals surface area contributed by atoms with Gasteiger partial charge >= 0.3 is 6.18 Å². The number of carbonyl (C=O) groups excluding carboxylic acids is 2. The zero-order chi connectivity index (χ0) is 28.3. The summed E-state index contributed by atoms with van der Waals surface area (Å²) in [5.74, 6) is -0.221. The van der Waals surface area contributed by atoms with Gasteiger partial charge < -0.3 is 20.9 Å². The topological polar surface area (TPSA) is 78.7 Å². The first-order chi connectivity index (χ1) is 19.2. The molecule has 0 bridgehead atoms. The summed E-state index contributed by atoms with van der Waals surface area (Å²) in [6.07, 6.45) is 1.19. The van der Waals surface area contributed by atoms with Crippen LogP contribution in [0.5, 0.6) is 0 Å². The highest BCUT2D eigenvalue weighted by Gasteiger charge is 2.58. The molecule has 1 atom stereocenters. The van der Waals surface area contributed by atoms with Crippen molar-refractivity contribution in [2.24, 2.45) is 17.1 Å². The van der Waals surface area contributed by atoms with Crippen molar-refractivity contribution in [3.8, 4) is 11.1 Å². The molecule has 0 radical (unpaired) electrons. The molecule has 2 aliphatic heterocycles. The quantitative estimate of drug-likeness (QED) is 0.438. The second-order valence-electron chi connectivity index (χ2n) is 11.8. The summed E-state index contributed by atoms with van der Waals surface area (Å²) in [6.45, 7) is 2.86. The van der Waals surface area contributed by atoms with Crippen LogP contribution in [-0.2, 0) is 4.79 Å². The van der Waals surface area contributed by atoms with Crippen molar-refractivity contribution >= 4 is 17.5 Å². The number of anilines is 1. The predicted octanol–water partition coefficient (Wildman–Crippen LogP) is 5.69. The number of benzene rings is 2. The molecule has 5 rings (SSSR count). The molecule has 6 nitrogen and oxygen atoms in total. The van der Waals surface area contributed by atoms with Gasteiger partial charge in [-0.25, -0.2) is 0 Å². The molecule has 2 saturated heterocycles. The lowest BCUT2D eigenvalue weighted by Crippen LogP contribution is -2.53. The molecule has 0 aromatic heterocycles. The summed E-state index contributed by atoms with van der Waals surface area (Å²) in [6, 6.07) is 14.8. The maximum atomic E-state index is 13.6. The van der Waals surface area contributed by atoms with Gasteiger partial charge in [0.15, 0.2) is 0 Å². The minimum Gasteiger partial charge on any atom is -0.385 e. The van der Waals surface area contributed by atoms with Gasteiger partial charge in [0, 0.05) is 30.9 Å². The Balaban J connectivity index is 1.16. The Labute approximate surface area is 234 Å². The fraction of sp³-hybridized carbons (Fsp3) is 0.548. The number of piperidine rings is 2. The number of nitrogens with one attached hydrogen (secondary N) is 1. The Morgan fingerprint density at radius 2 is 1.62 bits per heavy atom. The summed E-state index contributed by atoms with van der Waals surface area (Å²) >= 11 is 0. The molecule has 3 fully saturated rings. The van der Waals surface area contributed by atoms with Crippen molar-refractivity contribution in [2.75, 3.05) is 38.0 Å². The van der Waals surface area contributed by atoms with Crippen molar-refractivity contribution in [1.82, 2.24) is 9.80 Å². The van der Waals surface area contributed by atoms with Crippen LogP contribution in [0.2, 0.25) is 0 Å². The number of amides is 2. The molecule has 2 amide bonds. The molecule has 216 valence electrons. The highest BCUT2D eigenvalue weighted by molar-refractivity contribution is 6.02. The molecule has 2 heterocycles. The second kappa shape index (κ2) is 11.8. The van der Waals surface area contributed by atoms with Gasteiger partial charge in [-0.15, -0.1) is 0 Å². The number of primary amides is 1. The Morgan fingerprint density at radius 1 is 0.925 bits per heavy atom. The van der Waals surface area contributed by atoms with Crippen molar-refractivity contribution in [2.45, 2.75) is 63.6 Å². The summed E-state index contributed by atoms with van der Waals surface area (Å²) in [5, 5.41) is 3.49. The average molecular weight is 557 g/mol. The van der Waals surface area contributed by atoms with Gasteiger partial charge in [-0.05, 0) is 93.3 Å². The van der Waals surface area contributed by atoms with E-state index in [4.69, 9.17) is 5.73 Å². The lowest BCUT2D eigenvalue weighted by Gasteiger charge is -2.47. The summed E-state index contributed by atoms with van der Waals surface area (Å²) in [5.41, 5.74) is 7.34. The standard InChI is InChI=1S/C31H39F3N4O2/c32-31(33,34)30(15-5-16-30)21-37-18-13-22(14-19-37)20-36-24-11-9-23(10-12-24)25-6-1-2-7-26(25)29(40)38-17-4-3-8-27(38)28(35)39/h1-2,6-7,9-12,22,27,36H,3-5,8,13-21H2,(H2,35,39).